The molecule has 160 valence electrons. The van der Waals surface area contributed by atoms with E-state index in [4.69, 9.17) is 13.8 Å². The van der Waals surface area contributed by atoms with Crippen LogP contribution in [0.2, 0.25) is 0 Å². The fraction of sp³-hybridized carbons (Fsp3) is 0.435. The van der Waals surface area contributed by atoms with Crippen LogP contribution in [0.25, 0.3) is 0 Å². The Morgan fingerprint density at radius 2 is 1.77 bits per heavy atom. The highest BCUT2D eigenvalue weighted by Gasteiger charge is 2.76. The van der Waals surface area contributed by atoms with Gasteiger partial charge in [0.15, 0.2) is 0 Å². The summed E-state index contributed by atoms with van der Waals surface area (Å²) in [4.78, 5) is 15.4. The fourth-order valence-electron chi connectivity index (χ4n) is 4.11. The van der Waals surface area contributed by atoms with Crippen LogP contribution in [-0.2, 0) is 35.3 Å². The van der Waals surface area contributed by atoms with E-state index in [0.29, 0.717) is 6.54 Å². The smallest absolute Gasteiger partial charge is 0.337 e. The third-order valence-electron chi connectivity index (χ3n) is 5.62. The predicted octanol–water partition coefficient (Wildman–Crippen LogP) is 5.17. The highest BCUT2D eigenvalue weighted by Crippen LogP contribution is 2.72. The summed E-state index contributed by atoms with van der Waals surface area (Å²) in [6.45, 7) is 8.56. The number of rotatable bonds is 8. The third-order valence-corrected chi connectivity index (χ3v) is 7.90. The molecule has 0 bridgehead atoms. The molecule has 1 fully saturated rings. The van der Waals surface area contributed by atoms with E-state index in [2.05, 4.69) is 13.8 Å². The molecule has 7 heteroatoms. The normalized spacial score (nSPS) is 22.8. The second-order valence-corrected chi connectivity index (χ2v) is 9.95. The van der Waals surface area contributed by atoms with E-state index >= 15 is 0 Å². The maximum Gasteiger partial charge on any atom is 0.363 e. The van der Waals surface area contributed by atoms with Gasteiger partial charge in [-0.1, -0.05) is 50.2 Å². The van der Waals surface area contributed by atoms with Crippen LogP contribution in [0.4, 0.5) is 5.69 Å². The van der Waals surface area contributed by atoms with Gasteiger partial charge in [0.25, 0.3) is 5.91 Å². The van der Waals surface area contributed by atoms with Crippen molar-refractivity contribution < 1.29 is 23.1 Å². The molecule has 1 saturated heterocycles. The van der Waals surface area contributed by atoms with E-state index in [1.807, 2.05) is 48.5 Å². The Morgan fingerprint density at radius 1 is 1.10 bits per heavy atom. The van der Waals surface area contributed by atoms with Crippen LogP contribution in [-0.4, -0.2) is 25.0 Å². The maximum absolute atomic E-state index is 13.7. The van der Waals surface area contributed by atoms with Crippen molar-refractivity contribution in [3.05, 3.63) is 65.2 Å². The molecule has 30 heavy (non-hydrogen) atoms. The Morgan fingerprint density at radius 3 is 2.37 bits per heavy atom. The molecule has 2 atom stereocenters. The molecule has 1 amide bonds. The number of anilines is 1. The van der Waals surface area contributed by atoms with Crippen LogP contribution in [0, 0.1) is 0 Å². The molecule has 0 unspecified atom stereocenters. The summed E-state index contributed by atoms with van der Waals surface area (Å²) in [6, 6.07) is 15.8. The Balaban J connectivity index is 1.78. The summed E-state index contributed by atoms with van der Waals surface area (Å²) < 4.78 is 30.4. The lowest BCUT2D eigenvalue weighted by molar-refractivity contribution is -0.123. The standard InChI is InChI=1S/C23H28NO5P/c1-5-27-30(26,28-6-2)22-23(29-22)19-14-18(16(3)4)12-13-20(19)24(21(23)25)15-17-10-8-7-9-11-17/h7-14,16,22H,5-6,15H2,1-4H3/t22-,23-/m0/s1. The van der Waals surface area contributed by atoms with E-state index in [9.17, 15) is 9.36 Å². The van der Waals surface area contributed by atoms with E-state index in [-0.39, 0.29) is 25.0 Å². The lowest BCUT2D eigenvalue weighted by atomic mass is 9.95. The van der Waals surface area contributed by atoms with E-state index < -0.39 is 19.0 Å². The van der Waals surface area contributed by atoms with Gasteiger partial charge in [-0.25, -0.2) is 0 Å². The zero-order valence-corrected chi connectivity index (χ0v) is 18.7. The molecule has 1 spiro atoms. The molecule has 0 N–H and O–H groups in total. The van der Waals surface area contributed by atoms with Crippen LogP contribution in [0.1, 0.15) is 50.3 Å². The summed E-state index contributed by atoms with van der Waals surface area (Å²) in [6.07, 6.45) is 0. The van der Waals surface area contributed by atoms with Crippen molar-refractivity contribution in [2.45, 2.75) is 51.6 Å². The molecular weight excluding hydrogens is 401 g/mol. The first-order valence-corrected chi connectivity index (χ1v) is 12.1. The molecule has 2 heterocycles. The minimum absolute atomic E-state index is 0.216. The van der Waals surface area contributed by atoms with Gasteiger partial charge in [-0.15, -0.1) is 0 Å². The summed E-state index contributed by atoms with van der Waals surface area (Å²) >= 11 is 0. The quantitative estimate of drug-likeness (QED) is 0.428. The number of ether oxygens (including phenoxy) is 1. The lowest BCUT2D eigenvalue weighted by Gasteiger charge is -2.18. The molecule has 0 aliphatic carbocycles. The summed E-state index contributed by atoms with van der Waals surface area (Å²) in [7, 11) is -3.61. The van der Waals surface area contributed by atoms with Gasteiger partial charge in [0, 0.05) is 5.56 Å². The molecule has 2 aromatic carbocycles. The first kappa shape index (κ1) is 21.3. The zero-order chi connectivity index (χ0) is 21.5. The fourth-order valence-corrected chi connectivity index (χ4v) is 6.16. The van der Waals surface area contributed by atoms with Crippen molar-refractivity contribution >= 4 is 19.2 Å². The highest BCUT2D eigenvalue weighted by molar-refractivity contribution is 7.55. The number of epoxide rings is 1. The van der Waals surface area contributed by atoms with E-state index in [0.717, 1.165) is 22.4 Å². The largest absolute Gasteiger partial charge is 0.363 e. The van der Waals surface area contributed by atoms with Gasteiger partial charge in [-0.3, -0.25) is 9.36 Å². The third kappa shape index (κ3) is 3.32. The number of carbonyl (C=O) groups is 1. The Hall–Kier alpha value is -1.98. The number of hydrogen-bond acceptors (Lipinski definition) is 5. The van der Waals surface area contributed by atoms with Crippen molar-refractivity contribution in [1.29, 1.82) is 0 Å². The predicted molar refractivity (Wildman–Crippen MR) is 116 cm³/mol. The average molecular weight is 429 g/mol. The van der Waals surface area contributed by atoms with Crippen LogP contribution in [0.15, 0.2) is 48.5 Å². The molecule has 2 aliphatic heterocycles. The van der Waals surface area contributed by atoms with Crippen LogP contribution >= 0.6 is 7.60 Å². The van der Waals surface area contributed by atoms with Gasteiger partial charge in [-0.2, -0.15) is 0 Å². The summed E-state index contributed by atoms with van der Waals surface area (Å²) in [5.74, 6) is -0.861. The van der Waals surface area contributed by atoms with Gasteiger partial charge in [-0.05, 0) is 43.0 Å². The van der Waals surface area contributed by atoms with Crippen LogP contribution < -0.4 is 4.90 Å². The molecule has 0 saturated carbocycles. The van der Waals surface area contributed by atoms with Crippen molar-refractivity contribution in [2.24, 2.45) is 0 Å². The average Bonchev–Trinajstić information content (AvgIpc) is 3.45. The molecule has 0 aromatic heterocycles. The number of amides is 1. The number of nitrogens with zero attached hydrogens (tertiary/aromatic N) is 1. The topological polar surface area (TPSA) is 68.4 Å². The highest BCUT2D eigenvalue weighted by atomic mass is 31.2. The second-order valence-electron chi connectivity index (χ2n) is 7.89. The van der Waals surface area contributed by atoms with Gasteiger partial charge >= 0.3 is 7.60 Å². The molecule has 6 nitrogen and oxygen atoms in total. The maximum atomic E-state index is 13.7. The number of hydrogen-bond donors (Lipinski definition) is 0. The van der Waals surface area contributed by atoms with Gasteiger partial charge in [0.2, 0.25) is 11.4 Å². The molecular formula is C23H28NO5P. The van der Waals surface area contributed by atoms with Crippen molar-refractivity contribution in [2.75, 3.05) is 18.1 Å². The van der Waals surface area contributed by atoms with E-state index in [1.54, 1.807) is 18.7 Å². The van der Waals surface area contributed by atoms with Crippen LogP contribution in [0.5, 0.6) is 0 Å². The number of carbonyl (C=O) groups excluding carboxylic acids is 1. The van der Waals surface area contributed by atoms with Crippen molar-refractivity contribution in [1.82, 2.24) is 0 Å². The van der Waals surface area contributed by atoms with Crippen molar-refractivity contribution in [3.8, 4) is 0 Å². The van der Waals surface area contributed by atoms with Crippen molar-refractivity contribution in [3.63, 3.8) is 0 Å². The first-order valence-electron chi connectivity index (χ1n) is 10.4. The Bertz CT molecular complexity index is 982. The second kappa shape index (κ2) is 7.93. The van der Waals surface area contributed by atoms with Crippen LogP contribution in [0.3, 0.4) is 0 Å². The summed E-state index contributed by atoms with van der Waals surface area (Å²) in [5, 5.41) is 0. The molecule has 4 rings (SSSR count). The Labute approximate surface area is 177 Å². The van der Waals surface area contributed by atoms with Gasteiger partial charge < -0.3 is 18.7 Å². The minimum Gasteiger partial charge on any atom is -0.337 e. The Kier molecular flexibility index (Phi) is 5.62. The summed E-state index contributed by atoms with van der Waals surface area (Å²) in [5.41, 5.74) is 2.33. The first-order chi connectivity index (χ1) is 14.4. The monoisotopic (exact) mass is 429 g/mol. The van der Waals surface area contributed by atoms with Gasteiger partial charge in [0.1, 0.15) is 0 Å². The zero-order valence-electron chi connectivity index (χ0n) is 17.8. The minimum atomic E-state index is -3.61. The lowest BCUT2D eigenvalue weighted by Crippen LogP contribution is -2.33. The molecule has 2 aliphatic rings. The van der Waals surface area contributed by atoms with Gasteiger partial charge in [0.05, 0.1) is 25.4 Å². The van der Waals surface area contributed by atoms with E-state index in [1.165, 1.54) is 0 Å². The number of fused-ring (bicyclic) bond motifs is 2. The molecule has 0 radical (unpaired) electrons. The SMILES string of the molecule is CCOP(=O)(OCC)[C@@H]1O[C@@]12C(=O)N(Cc1ccccc1)c1ccc(C(C)C)cc12. The molecule has 2 aromatic rings. The number of benzene rings is 2.